The molecule has 9 rings (SSSR count). The molecule has 2 aliphatic carbocycles. The highest BCUT2D eigenvalue weighted by Gasteiger charge is 2.49. The summed E-state index contributed by atoms with van der Waals surface area (Å²) in [7, 11) is -11.1. The molecule has 2 amide bonds. The number of alkyl halides is 3. The normalized spacial score (nSPS) is 20.2. The minimum atomic E-state index is -6.11. The molecule has 2 aromatic heterocycles. The summed E-state index contributed by atoms with van der Waals surface area (Å²) >= 11 is 6.25. The lowest BCUT2D eigenvalue weighted by molar-refractivity contribution is -0.0436. The van der Waals surface area contributed by atoms with Gasteiger partial charge in [0.05, 0.1) is 22.3 Å². The molecule has 1 unspecified atom stereocenters. The molecule has 22 heteroatoms. The van der Waals surface area contributed by atoms with Crippen molar-refractivity contribution in [1.82, 2.24) is 29.4 Å². The number of aromatic nitrogens is 2. The van der Waals surface area contributed by atoms with Gasteiger partial charge in [0, 0.05) is 99.3 Å². The number of piperazine rings is 2. The molecular formula is C54H64ClF3N8O8S2. The second kappa shape index (κ2) is 21.5. The number of H-pyrrole nitrogens is 1. The lowest BCUT2D eigenvalue weighted by Gasteiger charge is -2.39. The molecule has 0 bridgehead atoms. The van der Waals surface area contributed by atoms with Crippen LogP contribution in [-0.4, -0.2) is 136 Å². The number of nitrogens with zero attached hydrogens (tertiary/aromatic N) is 5. The van der Waals surface area contributed by atoms with Crippen molar-refractivity contribution in [2.75, 3.05) is 69.1 Å². The summed E-state index contributed by atoms with van der Waals surface area (Å²) in [6.07, 6.45) is 7.37. The van der Waals surface area contributed by atoms with Crippen LogP contribution in [0, 0.1) is 5.41 Å². The van der Waals surface area contributed by atoms with Crippen LogP contribution in [0.3, 0.4) is 0 Å². The van der Waals surface area contributed by atoms with Gasteiger partial charge in [-0.25, -0.2) is 31.3 Å². The maximum Gasteiger partial charge on any atom is 0.501 e. The number of nitrogens with one attached hydrogen (secondary N) is 3. The standard InChI is InChI=1S/C54H64ClF3N8O8S2/c1-52(2,3)74-51(68)66-26-24-65(25-27-66)40-11-10-39(29-40)61-46-15-13-43(31-48(46)75(69,70)54(56,57)58)76(71,72)62-50(67)44-14-12-41(30-47(44)73-42-28-36-17-19-59-49(36)60-33-42)64-22-20-63(21-23-64)34-37-16-18-53(4,5)32-45(37)35-6-8-38(55)9-7-35/h6-9,12-15,17,19,28,30-31,33,39-40,61H,10-11,16,18,20-27,29,32,34H2,1-5H3,(H,59,60)(H,62,67)/t39-,40?/m0/s1. The highest BCUT2D eigenvalue weighted by molar-refractivity contribution is 7.92. The molecule has 4 aliphatic rings. The number of anilines is 2. The number of benzene rings is 3. The monoisotopic (exact) mass is 1110 g/mol. The summed E-state index contributed by atoms with van der Waals surface area (Å²) in [4.78, 5) is 40.4. The molecule has 3 aromatic carbocycles. The summed E-state index contributed by atoms with van der Waals surface area (Å²) in [5.41, 5.74) is -1.66. The summed E-state index contributed by atoms with van der Waals surface area (Å²) in [6, 6.07) is 18.1. The fourth-order valence-electron chi connectivity index (χ4n) is 10.6. The summed E-state index contributed by atoms with van der Waals surface area (Å²) in [5.74, 6) is -0.953. The number of carbonyl (C=O) groups excluding carboxylic acids is 2. The van der Waals surface area contributed by atoms with Crippen molar-refractivity contribution in [3.8, 4) is 11.5 Å². The quantitative estimate of drug-likeness (QED) is 0.101. The van der Waals surface area contributed by atoms with Crippen molar-refractivity contribution in [2.45, 2.75) is 106 Å². The number of amides is 2. The van der Waals surface area contributed by atoms with Crippen molar-refractivity contribution < 1.29 is 49.1 Å². The van der Waals surface area contributed by atoms with Crippen LogP contribution in [-0.2, 0) is 24.6 Å². The molecule has 1 saturated carbocycles. The van der Waals surface area contributed by atoms with E-state index in [-0.39, 0.29) is 28.5 Å². The molecule has 2 atom stereocenters. The minimum absolute atomic E-state index is 0.00502. The van der Waals surface area contributed by atoms with Crippen LogP contribution < -0.4 is 19.7 Å². The molecule has 3 N–H and O–H groups in total. The third-order valence-electron chi connectivity index (χ3n) is 14.7. The number of aromatic amines is 1. The fourth-order valence-corrected chi connectivity index (χ4v) is 12.7. The summed E-state index contributed by atoms with van der Waals surface area (Å²) in [5, 5.41) is 4.35. The third kappa shape index (κ3) is 12.6. The van der Waals surface area contributed by atoms with Gasteiger partial charge in [0.1, 0.15) is 27.6 Å². The first kappa shape index (κ1) is 54.9. The number of carbonyl (C=O) groups is 2. The van der Waals surface area contributed by atoms with Gasteiger partial charge in [0.25, 0.3) is 25.8 Å². The van der Waals surface area contributed by atoms with Crippen LogP contribution in [0.4, 0.5) is 29.3 Å². The smallest absolute Gasteiger partial charge is 0.455 e. The predicted molar refractivity (Wildman–Crippen MR) is 286 cm³/mol. The van der Waals surface area contributed by atoms with Crippen LogP contribution in [0.25, 0.3) is 16.6 Å². The molecule has 16 nitrogen and oxygen atoms in total. The van der Waals surface area contributed by atoms with Gasteiger partial charge < -0.3 is 29.6 Å². The molecule has 4 heterocycles. The largest absolute Gasteiger partial charge is 0.501 e. The number of sulfone groups is 1. The molecule has 5 aromatic rings. The van der Waals surface area contributed by atoms with Crippen molar-refractivity contribution in [3.05, 3.63) is 107 Å². The van der Waals surface area contributed by atoms with Crippen molar-refractivity contribution in [3.63, 3.8) is 0 Å². The van der Waals surface area contributed by atoms with Crippen molar-refractivity contribution in [1.29, 1.82) is 0 Å². The zero-order valence-electron chi connectivity index (χ0n) is 43.2. The first-order valence-corrected chi connectivity index (χ1v) is 28.9. The maximum absolute atomic E-state index is 14.3. The van der Waals surface area contributed by atoms with Crippen LogP contribution in [0.1, 0.15) is 89.1 Å². The van der Waals surface area contributed by atoms with E-state index in [4.69, 9.17) is 21.1 Å². The Morgan fingerprint density at radius 2 is 1.61 bits per heavy atom. The number of rotatable bonds is 13. The van der Waals surface area contributed by atoms with Gasteiger partial charge in [-0.05, 0) is 130 Å². The molecule has 0 spiro atoms. The third-order valence-corrected chi connectivity index (χ3v) is 17.8. The first-order chi connectivity index (χ1) is 35.8. The van der Waals surface area contributed by atoms with Crippen LogP contribution in [0.2, 0.25) is 5.02 Å². The average Bonchev–Trinajstić information content (AvgIpc) is 4.04. The molecule has 3 fully saturated rings. The Balaban J connectivity index is 0.915. The number of ether oxygens (including phenoxy) is 2. The van der Waals surface area contributed by atoms with Gasteiger partial charge in [0.2, 0.25) is 0 Å². The highest BCUT2D eigenvalue weighted by atomic mass is 35.5. The van der Waals surface area contributed by atoms with E-state index in [1.807, 2.05) is 16.9 Å². The Hall–Kier alpha value is -5.87. The number of allylic oxidation sites excluding steroid dienone is 1. The maximum atomic E-state index is 14.3. The van der Waals surface area contributed by atoms with Crippen molar-refractivity contribution >= 4 is 71.4 Å². The number of sulfonamides is 1. The predicted octanol–water partition coefficient (Wildman–Crippen LogP) is 10.1. The Bertz CT molecular complexity index is 3240. The van der Waals surface area contributed by atoms with Gasteiger partial charge in [-0.2, -0.15) is 13.2 Å². The summed E-state index contributed by atoms with van der Waals surface area (Å²) in [6.45, 7) is 15.5. The Morgan fingerprint density at radius 1 is 0.882 bits per heavy atom. The first-order valence-electron chi connectivity index (χ1n) is 25.5. The molecular weight excluding hydrogens is 1050 g/mol. The summed E-state index contributed by atoms with van der Waals surface area (Å²) < 4.78 is 111. The molecule has 76 heavy (non-hydrogen) atoms. The van der Waals surface area contributed by atoms with Crippen molar-refractivity contribution in [2.24, 2.45) is 5.41 Å². The molecule has 408 valence electrons. The number of pyridine rings is 1. The van der Waals surface area contributed by atoms with E-state index in [9.17, 15) is 39.6 Å². The number of halogens is 4. The number of hydrogen-bond donors (Lipinski definition) is 3. The van der Waals surface area contributed by atoms with Gasteiger partial charge in [0.15, 0.2) is 0 Å². The molecule has 0 radical (unpaired) electrons. The zero-order chi connectivity index (χ0) is 54.4. The number of fused-ring (bicyclic) bond motifs is 1. The Morgan fingerprint density at radius 3 is 2.30 bits per heavy atom. The van der Waals surface area contributed by atoms with Gasteiger partial charge >= 0.3 is 11.6 Å². The highest BCUT2D eigenvalue weighted by Crippen LogP contribution is 2.44. The van der Waals surface area contributed by atoms with Gasteiger partial charge in [-0.1, -0.05) is 43.2 Å². The number of hydrogen-bond acceptors (Lipinski definition) is 13. The van der Waals surface area contributed by atoms with Crippen LogP contribution in [0.5, 0.6) is 11.5 Å². The second-order valence-corrected chi connectivity index (χ2v) is 25.9. The topological polar surface area (TPSA) is 187 Å². The van der Waals surface area contributed by atoms with Crippen LogP contribution >= 0.6 is 11.6 Å². The van der Waals surface area contributed by atoms with Crippen LogP contribution in [0.15, 0.2) is 101 Å². The van der Waals surface area contributed by atoms with Gasteiger partial charge in [-0.3, -0.25) is 14.6 Å². The van der Waals surface area contributed by atoms with E-state index in [0.29, 0.717) is 86.3 Å². The molecule has 2 aliphatic heterocycles. The Kier molecular flexibility index (Phi) is 15.5. The van der Waals surface area contributed by atoms with Gasteiger partial charge in [-0.15, -0.1) is 0 Å². The molecule has 2 saturated heterocycles. The van der Waals surface area contributed by atoms with E-state index < -0.39 is 64.5 Å². The van der Waals surface area contributed by atoms with E-state index in [1.165, 1.54) is 29.0 Å². The van der Waals surface area contributed by atoms with E-state index in [0.717, 1.165) is 51.0 Å². The van der Waals surface area contributed by atoms with E-state index >= 15 is 0 Å². The lowest BCUT2D eigenvalue weighted by Crippen LogP contribution is -2.52. The zero-order valence-corrected chi connectivity index (χ0v) is 45.6. The second-order valence-electron chi connectivity index (χ2n) is 21.9. The van der Waals surface area contributed by atoms with E-state index in [2.05, 4.69) is 56.0 Å². The van der Waals surface area contributed by atoms with E-state index in [1.54, 1.807) is 56.1 Å². The minimum Gasteiger partial charge on any atom is -0.455 e. The average molecular weight is 1110 g/mol. The lowest BCUT2D eigenvalue weighted by atomic mass is 9.72. The fraction of sp³-hybridized carbons (Fsp3) is 0.463. The SMILES string of the molecule is CC1(C)CCC(CN2CCN(c3ccc(C(=O)NS(=O)(=O)c4ccc(N[C@H]5CCC(N6CCN(C(=O)OC(C)(C)C)CC6)C5)c(S(=O)(=O)C(F)(F)F)c4)c(Oc4cnc5[nH]ccc5c4)c3)CC2)=C(c2ccc(Cl)cc2)C1. The Labute approximate surface area is 446 Å².